The number of rotatable bonds is 3. The van der Waals surface area contributed by atoms with Gasteiger partial charge in [-0.3, -0.25) is 4.79 Å². The fourth-order valence-electron chi connectivity index (χ4n) is 1.23. The Morgan fingerprint density at radius 1 is 1.60 bits per heavy atom. The van der Waals surface area contributed by atoms with E-state index in [1.54, 1.807) is 17.4 Å². The molecule has 1 fully saturated rings. The van der Waals surface area contributed by atoms with Gasteiger partial charge in [-0.2, -0.15) is 0 Å². The van der Waals surface area contributed by atoms with Gasteiger partial charge in [0.15, 0.2) is 0 Å². The number of carbonyl (C=O) groups excluding carboxylic acids is 1. The SMILES string of the molecule is CC1(NC(=O)/C=C/c2ccc(Br)s2)CC1. The molecule has 80 valence electrons. The summed E-state index contributed by atoms with van der Waals surface area (Å²) in [7, 11) is 0. The van der Waals surface area contributed by atoms with Crippen LogP contribution in [0.3, 0.4) is 0 Å². The second kappa shape index (κ2) is 4.10. The molecule has 0 aliphatic heterocycles. The summed E-state index contributed by atoms with van der Waals surface area (Å²) in [5, 5.41) is 2.97. The Kier molecular flexibility index (Phi) is 2.98. The van der Waals surface area contributed by atoms with E-state index in [0.717, 1.165) is 21.5 Å². The molecule has 0 radical (unpaired) electrons. The van der Waals surface area contributed by atoms with Crippen LogP contribution in [0.15, 0.2) is 22.0 Å². The number of hydrogen-bond acceptors (Lipinski definition) is 2. The van der Waals surface area contributed by atoms with E-state index in [9.17, 15) is 4.79 Å². The molecule has 1 aliphatic rings. The lowest BCUT2D eigenvalue weighted by molar-refractivity contribution is -0.117. The standard InChI is InChI=1S/C11H12BrNOS/c1-11(6-7-11)13-10(14)5-3-8-2-4-9(12)15-8/h2-5H,6-7H2,1H3,(H,13,14)/b5-3+. The topological polar surface area (TPSA) is 29.1 Å². The third-order valence-corrected chi connectivity index (χ3v) is 4.01. The molecular weight excluding hydrogens is 274 g/mol. The molecule has 15 heavy (non-hydrogen) atoms. The first-order valence-corrected chi connectivity index (χ1v) is 6.44. The summed E-state index contributed by atoms with van der Waals surface area (Å²) in [6.07, 6.45) is 5.63. The average molecular weight is 286 g/mol. The first-order valence-electron chi connectivity index (χ1n) is 4.83. The average Bonchev–Trinajstić information content (AvgIpc) is 2.74. The molecule has 0 spiro atoms. The lowest BCUT2D eigenvalue weighted by Crippen LogP contribution is -2.32. The Morgan fingerprint density at radius 3 is 2.87 bits per heavy atom. The number of carbonyl (C=O) groups is 1. The quantitative estimate of drug-likeness (QED) is 0.849. The van der Waals surface area contributed by atoms with Gasteiger partial charge >= 0.3 is 0 Å². The van der Waals surface area contributed by atoms with Crippen LogP contribution in [-0.2, 0) is 4.79 Å². The van der Waals surface area contributed by atoms with Crippen molar-refractivity contribution in [2.24, 2.45) is 0 Å². The molecule has 2 nitrogen and oxygen atoms in total. The summed E-state index contributed by atoms with van der Waals surface area (Å²) in [5.41, 5.74) is 0.0669. The maximum atomic E-state index is 11.5. The van der Waals surface area contributed by atoms with Gasteiger partial charge in [-0.05, 0) is 53.9 Å². The number of halogens is 1. The molecule has 1 aromatic rings. The van der Waals surface area contributed by atoms with E-state index >= 15 is 0 Å². The Bertz CT molecular complexity index is 406. The van der Waals surface area contributed by atoms with Crippen LogP contribution in [0.25, 0.3) is 6.08 Å². The van der Waals surface area contributed by atoms with Crippen molar-refractivity contribution in [3.8, 4) is 0 Å². The summed E-state index contributed by atoms with van der Waals surface area (Å²) in [4.78, 5) is 12.6. The predicted molar refractivity (Wildman–Crippen MR) is 66.8 cm³/mol. The highest BCUT2D eigenvalue weighted by Gasteiger charge is 2.38. The molecule has 1 N–H and O–H groups in total. The monoisotopic (exact) mass is 285 g/mol. The van der Waals surface area contributed by atoms with Crippen LogP contribution < -0.4 is 5.32 Å². The lowest BCUT2D eigenvalue weighted by Gasteiger charge is -2.07. The van der Waals surface area contributed by atoms with Crippen LogP contribution in [0.4, 0.5) is 0 Å². The highest BCUT2D eigenvalue weighted by molar-refractivity contribution is 9.11. The van der Waals surface area contributed by atoms with Gasteiger partial charge < -0.3 is 5.32 Å². The zero-order valence-electron chi connectivity index (χ0n) is 8.42. The fourth-order valence-corrected chi connectivity index (χ4v) is 2.55. The molecular formula is C11H12BrNOS. The van der Waals surface area contributed by atoms with Gasteiger partial charge in [-0.25, -0.2) is 0 Å². The van der Waals surface area contributed by atoms with Crippen molar-refractivity contribution in [1.29, 1.82) is 0 Å². The van der Waals surface area contributed by atoms with E-state index in [0.29, 0.717) is 0 Å². The van der Waals surface area contributed by atoms with Gasteiger partial charge in [-0.15, -0.1) is 11.3 Å². The zero-order valence-corrected chi connectivity index (χ0v) is 10.8. The summed E-state index contributed by atoms with van der Waals surface area (Å²) in [6.45, 7) is 2.07. The van der Waals surface area contributed by atoms with E-state index in [1.165, 1.54) is 0 Å². The van der Waals surface area contributed by atoms with Crippen molar-refractivity contribution < 1.29 is 4.79 Å². The van der Waals surface area contributed by atoms with Gasteiger partial charge in [0.05, 0.1) is 3.79 Å². The van der Waals surface area contributed by atoms with E-state index in [-0.39, 0.29) is 11.4 Å². The van der Waals surface area contributed by atoms with Gasteiger partial charge in [0, 0.05) is 16.5 Å². The lowest BCUT2D eigenvalue weighted by atomic mass is 10.3. The van der Waals surface area contributed by atoms with Crippen LogP contribution in [0.2, 0.25) is 0 Å². The molecule has 1 heterocycles. The Hall–Kier alpha value is -0.610. The first-order chi connectivity index (χ1) is 7.07. The largest absolute Gasteiger partial charge is 0.347 e. The molecule has 0 bridgehead atoms. The molecule has 1 amide bonds. The second-order valence-electron chi connectivity index (χ2n) is 4.03. The van der Waals surface area contributed by atoms with Crippen molar-refractivity contribution in [3.05, 3.63) is 26.9 Å². The van der Waals surface area contributed by atoms with Crippen LogP contribution >= 0.6 is 27.3 Å². The van der Waals surface area contributed by atoms with Crippen LogP contribution in [0.1, 0.15) is 24.6 Å². The highest BCUT2D eigenvalue weighted by Crippen LogP contribution is 2.34. The van der Waals surface area contributed by atoms with E-state index < -0.39 is 0 Å². The second-order valence-corrected chi connectivity index (χ2v) is 6.52. The van der Waals surface area contributed by atoms with Crippen molar-refractivity contribution in [2.45, 2.75) is 25.3 Å². The smallest absolute Gasteiger partial charge is 0.244 e. The number of nitrogens with one attached hydrogen (secondary N) is 1. The third-order valence-electron chi connectivity index (χ3n) is 2.42. The van der Waals surface area contributed by atoms with E-state index in [4.69, 9.17) is 0 Å². The van der Waals surface area contributed by atoms with Crippen molar-refractivity contribution in [2.75, 3.05) is 0 Å². The molecule has 0 saturated heterocycles. The summed E-state index contributed by atoms with van der Waals surface area (Å²) >= 11 is 5.00. The van der Waals surface area contributed by atoms with Crippen molar-refractivity contribution in [3.63, 3.8) is 0 Å². The maximum absolute atomic E-state index is 11.5. The first kappa shape index (κ1) is 10.9. The molecule has 1 aromatic heterocycles. The van der Waals surface area contributed by atoms with E-state index in [1.807, 2.05) is 18.2 Å². The predicted octanol–water partition coefficient (Wildman–Crippen LogP) is 3.19. The minimum absolute atomic E-state index is 0.000442. The minimum Gasteiger partial charge on any atom is -0.347 e. The normalized spacial score (nSPS) is 18.0. The van der Waals surface area contributed by atoms with Gasteiger partial charge in [0.2, 0.25) is 5.91 Å². The van der Waals surface area contributed by atoms with Crippen LogP contribution in [0, 0.1) is 0 Å². The molecule has 0 aromatic carbocycles. The minimum atomic E-state index is -0.000442. The summed E-state index contributed by atoms with van der Waals surface area (Å²) in [6, 6.07) is 3.96. The molecule has 1 aliphatic carbocycles. The van der Waals surface area contributed by atoms with Gasteiger partial charge in [-0.1, -0.05) is 0 Å². The Labute approximate surface area is 102 Å². The molecule has 0 unspecified atom stereocenters. The Morgan fingerprint density at radius 2 is 2.33 bits per heavy atom. The van der Waals surface area contributed by atoms with Crippen LogP contribution in [-0.4, -0.2) is 11.4 Å². The van der Waals surface area contributed by atoms with Crippen LogP contribution in [0.5, 0.6) is 0 Å². The van der Waals surface area contributed by atoms with Crippen molar-refractivity contribution >= 4 is 39.2 Å². The molecule has 1 saturated carbocycles. The maximum Gasteiger partial charge on any atom is 0.244 e. The molecule has 4 heteroatoms. The zero-order chi connectivity index (χ0) is 10.9. The van der Waals surface area contributed by atoms with Gasteiger partial charge in [0.1, 0.15) is 0 Å². The van der Waals surface area contributed by atoms with Gasteiger partial charge in [0.25, 0.3) is 0 Å². The van der Waals surface area contributed by atoms with Crippen molar-refractivity contribution in [1.82, 2.24) is 5.32 Å². The number of hydrogen-bond donors (Lipinski definition) is 1. The fraction of sp³-hybridized carbons (Fsp3) is 0.364. The highest BCUT2D eigenvalue weighted by atomic mass is 79.9. The summed E-state index contributed by atoms with van der Waals surface area (Å²) in [5.74, 6) is -0.000442. The Balaban J connectivity index is 1.90. The summed E-state index contributed by atoms with van der Waals surface area (Å²) < 4.78 is 1.08. The molecule has 2 rings (SSSR count). The number of thiophene rings is 1. The third kappa shape index (κ3) is 3.18. The molecule has 0 atom stereocenters. The number of amides is 1. The van der Waals surface area contributed by atoms with E-state index in [2.05, 4.69) is 28.2 Å².